The Balaban J connectivity index is 0.00000140. The summed E-state index contributed by atoms with van der Waals surface area (Å²) < 4.78 is 0. The molecule has 4 rings (SSSR count). The van der Waals surface area contributed by atoms with Crippen LogP contribution in [0, 0.1) is 35.2 Å². The van der Waals surface area contributed by atoms with Crippen molar-refractivity contribution in [1.82, 2.24) is 0 Å². The molecule has 3 heteroatoms. The zero-order chi connectivity index (χ0) is 17.6. The van der Waals surface area contributed by atoms with Gasteiger partial charge in [-0.2, -0.15) is 30.3 Å². The van der Waals surface area contributed by atoms with Crippen molar-refractivity contribution in [3.05, 3.63) is 132 Å². The number of rotatable bonds is 4. The van der Waals surface area contributed by atoms with E-state index < -0.39 is 0 Å². The fourth-order valence-electron chi connectivity index (χ4n) is 3.09. The van der Waals surface area contributed by atoms with Crippen LogP contribution in [0.3, 0.4) is 0 Å². The van der Waals surface area contributed by atoms with Crippen molar-refractivity contribution in [2.45, 2.75) is 0 Å². The van der Waals surface area contributed by atoms with Crippen molar-refractivity contribution >= 4 is 11.6 Å². The molecule has 0 saturated heterocycles. The molecule has 0 aliphatic rings. The maximum absolute atomic E-state index is 3.07. The van der Waals surface area contributed by atoms with E-state index in [1.165, 1.54) is 33.4 Å². The Hall–Kier alpha value is -2.47. The van der Waals surface area contributed by atoms with Crippen LogP contribution in [0.2, 0.25) is 0 Å². The van der Waals surface area contributed by atoms with Gasteiger partial charge >= 0.3 is 0 Å². The standard InChI is InChI=1S/C26H19.2H2O.Pu/c1-4-10-22(11-5-1)23-18-16-21(17-19-23)20-26(24-12-6-2-7-13-24)25-14-8-3-9-15-25;;;/h2-20H;2*1H2;/q-1;;;. The normalized spacial score (nSPS) is 9.24. The van der Waals surface area contributed by atoms with Crippen molar-refractivity contribution in [2.75, 3.05) is 0 Å². The van der Waals surface area contributed by atoms with Crippen molar-refractivity contribution < 1.29 is 40.1 Å². The zero-order valence-electron chi connectivity index (χ0n) is 15.9. The molecule has 0 heterocycles. The molecule has 0 bridgehead atoms. The zero-order valence-corrected chi connectivity index (χ0v) is 19.3. The third kappa shape index (κ3) is 6.26. The molecule has 0 aromatic heterocycles. The predicted octanol–water partition coefficient (Wildman–Crippen LogP) is 5.09. The van der Waals surface area contributed by atoms with Gasteiger partial charge in [-0.3, -0.25) is 0 Å². The molecule has 4 aromatic rings. The summed E-state index contributed by atoms with van der Waals surface area (Å²) in [6.45, 7) is 0. The molecule has 2 nitrogen and oxygen atoms in total. The predicted molar refractivity (Wildman–Crippen MR) is 118 cm³/mol. The number of hydrogen-bond donors (Lipinski definition) is 0. The molecule has 4 N–H and O–H groups in total. The first-order valence-corrected chi connectivity index (χ1v) is 8.79. The quantitative estimate of drug-likeness (QED) is 0.228. The van der Waals surface area contributed by atoms with E-state index in [0.29, 0.717) is 0 Å². The van der Waals surface area contributed by atoms with Crippen LogP contribution >= 0.6 is 0 Å². The largest absolute Gasteiger partial charge is 0.412 e. The second-order valence-corrected chi connectivity index (χ2v) is 6.20. The fraction of sp³-hybridized carbons (Fsp3) is 0. The summed E-state index contributed by atoms with van der Waals surface area (Å²) in [5, 5.41) is 0. The summed E-state index contributed by atoms with van der Waals surface area (Å²) >= 11 is 0. The molecule has 0 radical (unpaired) electrons. The molecule has 0 amide bonds. The average Bonchev–Trinajstić information content (AvgIpc) is 2.74. The maximum Gasteiger partial charge on any atom is 0 e. The molecule has 0 unspecified atom stereocenters. The van der Waals surface area contributed by atoms with E-state index in [-0.39, 0.29) is 40.1 Å². The van der Waals surface area contributed by atoms with Crippen LogP contribution in [0.25, 0.3) is 22.8 Å². The Bertz CT molecular complexity index is 955. The van der Waals surface area contributed by atoms with E-state index in [1.54, 1.807) is 0 Å². The molecule has 0 atom stereocenters. The van der Waals surface area contributed by atoms with Gasteiger partial charge in [0.25, 0.3) is 0 Å². The molecule has 0 saturated carbocycles. The monoisotopic (exact) mass is 605 g/mol. The molecule has 0 aliphatic heterocycles. The van der Waals surface area contributed by atoms with Gasteiger partial charge in [-0.05, 0) is 33.9 Å². The number of benzene rings is 4. The minimum atomic E-state index is 0. The Morgan fingerprint density at radius 3 is 1.48 bits per heavy atom. The Morgan fingerprint density at radius 1 is 0.552 bits per heavy atom. The first kappa shape index (κ1) is 24.6. The Labute approximate surface area is 194 Å². The van der Waals surface area contributed by atoms with Crippen LogP contribution in [0.4, 0.5) is 0 Å². The van der Waals surface area contributed by atoms with E-state index >= 15 is 0 Å². The van der Waals surface area contributed by atoms with Crippen LogP contribution in [0.5, 0.6) is 0 Å². The second kappa shape index (κ2) is 12.2. The van der Waals surface area contributed by atoms with Crippen molar-refractivity contribution in [2.24, 2.45) is 0 Å². The Kier molecular flexibility index (Phi) is 10.3. The van der Waals surface area contributed by atoms with Gasteiger partial charge in [0.05, 0.1) is 0 Å². The SMILES string of the molecule is O.O.[Pu].[c-]1ccc(-c2ccc(C=C(c3ccccc3)c3ccccc3)cc2)cc1. The summed E-state index contributed by atoms with van der Waals surface area (Å²) in [4.78, 5) is 0. The van der Waals surface area contributed by atoms with Gasteiger partial charge < -0.3 is 11.0 Å². The third-order valence-electron chi connectivity index (χ3n) is 4.44. The molecule has 146 valence electrons. The molecular formula is C26H23O2Pu-. The van der Waals surface area contributed by atoms with E-state index in [9.17, 15) is 0 Å². The summed E-state index contributed by atoms with van der Waals surface area (Å²) in [7, 11) is 0. The van der Waals surface area contributed by atoms with Gasteiger partial charge in [-0.15, -0.1) is 5.56 Å². The maximum atomic E-state index is 3.07. The minimum Gasteiger partial charge on any atom is -0.412 e. The molecule has 29 heavy (non-hydrogen) atoms. The van der Waals surface area contributed by atoms with Crippen molar-refractivity contribution in [3.8, 4) is 11.1 Å². The van der Waals surface area contributed by atoms with E-state index in [4.69, 9.17) is 0 Å². The average molecular weight is 611 g/mol. The van der Waals surface area contributed by atoms with Crippen LogP contribution in [-0.4, -0.2) is 11.0 Å². The summed E-state index contributed by atoms with van der Waals surface area (Å²) in [6, 6.07) is 40.9. The summed E-state index contributed by atoms with van der Waals surface area (Å²) in [6.07, 6.45) is 2.26. The van der Waals surface area contributed by atoms with Gasteiger partial charge in [-0.1, -0.05) is 84.9 Å². The van der Waals surface area contributed by atoms with Crippen molar-refractivity contribution in [3.63, 3.8) is 0 Å². The molecule has 0 aliphatic carbocycles. The van der Waals surface area contributed by atoms with Gasteiger partial charge in [0.15, 0.2) is 0 Å². The van der Waals surface area contributed by atoms with Gasteiger partial charge in [-0.25, -0.2) is 0 Å². The van der Waals surface area contributed by atoms with E-state index in [1.807, 2.05) is 12.1 Å². The molecule has 4 aromatic carbocycles. The summed E-state index contributed by atoms with van der Waals surface area (Å²) in [5.74, 6) is 0. The first-order valence-electron chi connectivity index (χ1n) is 8.79. The van der Waals surface area contributed by atoms with Crippen LogP contribution < -0.4 is 0 Å². The smallest absolute Gasteiger partial charge is 0 e. The van der Waals surface area contributed by atoms with Gasteiger partial charge in [0, 0.05) is 29.2 Å². The topological polar surface area (TPSA) is 63.0 Å². The van der Waals surface area contributed by atoms with Crippen LogP contribution in [0.1, 0.15) is 16.7 Å². The van der Waals surface area contributed by atoms with Crippen LogP contribution in [-0.2, 0) is 0 Å². The van der Waals surface area contributed by atoms with E-state index in [0.717, 1.165) is 0 Å². The second-order valence-electron chi connectivity index (χ2n) is 6.20. The third-order valence-corrected chi connectivity index (χ3v) is 4.44. The van der Waals surface area contributed by atoms with Gasteiger partial charge in [0.2, 0.25) is 0 Å². The van der Waals surface area contributed by atoms with Gasteiger partial charge in [0.1, 0.15) is 0 Å². The Morgan fingerprint density at radius 2 is 1.00 bits per heavy atom. The van der Waals surface area contributed by atoms with Crippen LogP contribution in [0.15, 0.2) is 109 Å². The first-order chi connectivity index (χ1) is 12.9. The number of hydrogen-bond acceptors (Lipinski definition) is 0. The summed E-state index contributed by atoms with van der Waals surface area (Å²) in [5.41, 5.74) is 7.30. The molecule has 0 fully saturated rings. The van der Waals surface area contributed by atoms with Crippen molar-refractivity contribution in [1.29, 1.82) is 0 Å². The molecular weight excluding hydrogens is 588 g/mol. The molecule has 0 spiro atoms. The fourth-order valence-corrected chi connectivity index (χ4v) is 3.09. The minimum absolute atomic E-state index is 0. The van der Waals surface area contributed by atoms with E-state index in [2.05, 4.69) is 109 Å².